The van der Waals surface area contributed by atoms with Crippen molar-refractivity contribution >= 4 is 44.5 Å². The Labute approximate surface area is 184 Å². The van der Waals surface area contributed by atoms with Gasteiger partial charge < -0.3 is 15.4 Å². The van der Waals surface area contributed by atoms with Gasteiger partial charge in [0.05, 0.1) is 28.9 Å². The van der Waals surface area contributed by atoms with Gasteiger partial charge >= 0.3 is 5.97 Å². The van der Waals surface area contributed by atoms with Crippen molar-refractivity contribution in [3.8, 4) is 0 Å². The van der Waals surface area contributed by atoms with Gasteiger partial charge in [0.25, 0.3) is 5.91 Å². The number of esters is 1. The van der Waals surface area contributed by atoms with Crippen LogP contribution in [-0.4, -0.2) is 35.9 Å². The molecule has 0 aliphatic rings. The standard InChI is InChI=1S/C23H25N3O4S/c1-5-30-21(29)15-8-11-17-18(12-15)31-22(25-17)26-19(27)13-24-20(28)14-6-9-16(10-7-14)23(2,3)4/h6-12H,5,13H2,1-4H3,(H,24,28)(H,25,26,27). The summed E-state index contributed by atoms with van der Waals surface area (Å²) in [6, 6.07) is 12.4. The van der Waals surface area contributed by atoms with E-state index in [9.17, 15) is 14.4 Å². The van der Waals surface area contributed by atoms with E-state index in [1.54, 1.807) is 37.3 Å². The van der Waals surface area contributed by atoms with E-state index in [1.165, 1.54) is 11.3 Å². The number of anilines is 1. The second-order valence-electron chi connectivity index (χ2n) is 7.98. The summed E-state index contributed by atoms with van der Waals surface area (Å²) in [4.78, 5) is 40.7. The van der Waals surface area contributed by atoms with Crippen LogP contribution in [0.5, 0.6) is 0 Å². The predicted molar refractivity (Wildman–Crippen MR) is 122 cm³/mol. The first-order valence-electron chi connectivity index (χ1n) is 9.93. The van der Waals surface area contributed by atoms with E-state index >= 15 is 0 Å². The SMILES string of the molecule is CCOC(=O)c1ccc2nc(NC(=O)CNC(=O)c3ccc(C(C)(C)C)cc3)sc2c1. The van der Waals surface area contributed by atoms with Gasteiger partial charge in [-0.05, 0) is 48.2 Å². The van der Waals surface area contributed by atoms with Crippen LogP contribution < -0.4 is 10.6 Å². The molecule has 1 heterocycles. The van der Waals surface area contributed by atoms with Crippen LogP contribution in [0.3, 0.4) is 0 Å². The molecule has 0 fully saturated rings. The van der Waals surface area contributed by atoms with E-state index in [2.05, 4.69) is 36.4 Å². The third-order valence-electron chi connectivity index (χ3n) is 4.57. The molecule has 162 valence electrons. The predicted octanol–water partition coefficient (Wildman–Crippen LogP) is 4.14. The zero-order valence-electron chi connectivity index (χ0n) is 17.9. The van der Waals surface area contributed by atoms with E-state index in [4.69, 9.17) is 4.74 Å². The molecule has 2 amide bonds. The minimum absolute atomic E-state index is 0.00319. The molecule has 31 heavy (non-hydrogen) atoms. The normalized spacial score (nSPS) is 11.2. The molecule has 0 radical (unpaired) electrons. The smallest absolute Gasteiger partial charge is 0.338 e. The molecule has 8 heteroatoms. The second-order valence-corrected chi connectivity index (χ2v) is 9.01. The summed E-state index contributed by atoms with van der Waals surface area (Å²) in [5.74, 6) is -1.11. The number of fused-ring (bicyclic) bond motifs is 1. The molecule has 0 aliphatic carbocycles. The van der Waals surface area contributed by atoms with E-state index in [-0.39, 0.29) is 23.8 Å². The van der Waals surface area contributed by atoms with Crippen molar-refractivity contribution in [2.75, 3.05) is 18.5 Å². The summed E-state index contributed by atoms with van der Waals surface area (Å²) >= 11 is 1.25. The Bertz CT molecular complexity index is 1110. The van der Waals surface area contributed by atoms with Crippen molar-refractivity contribution in [3.63, 3.8) is 0 Å². The van der Waals surface area contributed by atoms with Crippen molar-refractivity contribution in [3.05, 3.63) is 59.2 Å². The monoisotopic (exact) mass is 439 g/mol. The van der Waals surface area contributed by atoms with Gasteiger partial charge in [0.1, 0.15) is 0 Å². The molecule has 3 aromatic rings. The third kappa shape index (κ3) is 5.67. The number of thiazole rings is 1. The molecule has 1 aromatic heterocycles. The highest BCUT2D eigenvalue weighted by Crippen LogP contribution is 2.27. The summed E-state index contributed by atoms with van der Waals surface area (Å²) in [6.07, 6.45) is 0. The van der Waals surface area contributed by atoms with Crippen molar-refractivity contribution in [1.29, 1.82) is 0 Å². The van der Waals surface area contributed by atoms with Gasteiger partial charge in [-0.3, -0.25) is 9.59 Å². The van der Waals surface area contributed by atoms with Crippen LogP contribution in [0.4, 0.5) is 5.13 Å². The summed E-state index contributed by atoms with van der Waals surface area (Å²) in [6.45, 7) is 8.18. The Morgan fingerprint density at radius 3 is 2.35 bits per heavy atom. The molecular weight excluding hydrogens is 414 g/mol. The van der Waals surface area contributed by atoms with Crippen molar-refractivity contribution in [2.24, 2.45) is 0 Å². The van der Waals surface area contributed by atoms with Crippen molar-refractivity contribution < 1.29 is 19.1 Å². The fourth-order valence-corrected chi connectivity index (χ4v) is 3.79. The van der Waals surface area contributed by atoms with E-state index in [0.717, 1.165) is 10.3 Å². The third-order valence-corrected chi connectivity index (χ3v) is 5.50. The number of nitrogens with one attached hydrogen (secondary N) is 2. The maximum atomic E-state index is 12.3. The molecule has 0 spiro atoms. The highest BCUT2D eigenvalue weighted by Gasteiger charge is 2.15. The van der Waals surface area contributed by atoms with Crippen molar-refractivity contribution in [2.45, 2.75) is 33.1 Å². The number of amides is 2. The maximum Gasteiger partial charge on any atom is 0.338 e. The molecule has 2 N–H and O–H groups in total. The molecule has 7 nitrogen and oxygen atoms in total. The first-order valence-corrected chi connectivity index (χ1v) is 10.8. The lowest BCUT2D eigenvalue weighted by molar-refractivity contribution is -0.115. The Hall–Kier alpha value is -3.26. The number of benzene rings is 2. The van der Waals surface area contributed by atoms with Gasteiger partial charge in [0.2, 0.25) is 5.91 Å². The molecule has 0 saturated carbocycles. The molecule has 0 aliphatic heterocycles. The van der Waals surface area contributed by atoms with Gasteiger partial charge in [-0.15, -0.1) is 0 Å². The molecule has 0 atom stereocenters. The van der Waals surface area contributed by atoms with Crippen LogP contribution in [0.15, 0.2) is 42.5 Å². The quantitative estimate of drug-likeness (QED) is 0.563. The minimum atomic E-state index is -0.401. The lowest BCUT2D eigenvalue weighted by atomic mass is 9.87. The number of aromatic nitrogens is 1. The second kappa shape index (κ2) is 9.26. The number of hydrogen-bond acceptors (Lipinski definition) is 6. The summed E-state index contributed by atoms with van der Waals surface area (Å²) in [5.41, 5.74) is 2.72. The fourth-order valence-electron chi connectivity index (χ4n) is 2.87. The minimum Gasteiger partial charge on any atom is -0.462 e. The first-order chi connectivity index (χ1) is 14.7. The Morgan fingerprint density at radius 2 is 1.71 bits per heavy atom. The molecular formula is C23H25N3O4S. The van der Waals surface area contributed by atoms with Gasteiger partial charge in [0.15, 0.2) is 5.13 Å². The molecule has 2 aromatic carbocycles. The Kier molecular flexibility index (Phi) is 6.70. The van der Waals surface area contributed by atoms with Gasteiger partial charge in [-0.25, -0.2) is 9.78 Å². The summed E-state index contributed by atoms with van der Waals surface area (Å²) in [7, 11) is 0. The molecule has 3 rings (SSSR count). The van der Waals surface area contributed by atoms with E-state index < -0.39 is 5.97 Å². The Morgan fingerprint density at radius 1 is 1.03 bits per heavy atom. The number of carbonyl (C=O) groups excluding carboxylic acids is 3. The number of carbonyl (C=O) groups is 3. The lowest BCUT2D eigenvalue weighted by Crippen LogP contribution is -2.32. The fraction of sp³-hybridized carbons (Fsp3) is 0.304. The number of ether oxygens (including phenoxy) is 1. The van der Waals surface area contributed by atoms with Gasteiger partial charge in [-0.1, -0.05) is 44.2 Å². The summed E-state index contributed by atoms with van der Waals surface area (Å²) in [5, 5.41) is 5.69. The van der Waals surface area contributed by atoms with Crippen LogP contribution in [-0.2, 0) is 14.9 Å². The maximum absolute atomic E-state index is 12.3. The zero-order chi connectivity index (χ0) is 22.6. The van der Waals surface area contributed by atoms with E-state index in [0.29, 0.717) is 28.4 Å². The number of hydrogen-bond donors (Lipinski definition) is 2. The van der Waals surface area contributed by atoms with Crippen LogP contribution in [0.1, 0.15) is 54.0 Å². The highest BCUT2D eigenvalue weighted by molar-refractivity contribution is 7.22. The zero-order valence-corrected chi connectivity index (χ0v) is 18.8. The van der Waals surface area contributed by atoms with Crippen LogP contribution >= 0.6 is 11.3 Å². The number of rotatable bonds is 6. The Balaban J connectivity index is 1.58. The first kappa shape index (κ1) is 22.4. The van der Waals surface area contributed by atoms with Gasteiger partial charge in [0, 0.05) is 5.56 Å². The molecule has 0 bridgehead atoms. The largest absolute Gasteiger partial charge is 0.462 e. The number of nitrogens with zero attached hydrogens (tertiary/aromatic N) is 1. The highest BCUT2D eigenvalue weighted by atomic mass is 32.1. The van der Waals surface area contributed by atoms with Crippen molar-refractivity contribution in [1.82, 2.24) is 10.3 Å². The lowest BCUT2D eigenvalue weighted by Gasteiger charge is -2.19. The molecule has 0 unspecified atom stereocenters. The average Bonchev–Trinajstić information content (AvgIpc) is 3.13. The van der Waals surface area contributed by atoms with Crippen LogP contribution in [0.2, 0.25) is 0 Å². The average molecular weight is 440 g/mol. The summed E-state index contributed by atoms with van der Waals surface area (Å²) < 4.78 is 5.75. The topological polar surface area (TPSA) is 97.4 Å². The van der Waals surface area contributed by atoms with Gasteiger partial charge in [-0.2, -0.15) is 0 Å². The van der Waals surface area contributed by atoms with Crippen LogP contribution in [0, 0.1) is 0 Å². The molecule has 0 saturated heterocycles. The van der Waals surface area contributed by atoms with E-state index in [1.807, 2.05) is 12.1 Å². The van der Waals surface area contributed by atoms with Crippen LogP contribution in [0.25, 0.3) is 10.2 Å².